The second-order valence-electron chi connectivity index (χ2n) is 0.380. The van der Waals surface area contributed by atoms with Crippen LogP contribution in [0.2, 0.25) is 0 Å². The molecule has 0 aliphatic heterocycles. The Hall–Kier alpha value is 0.244. The van der Waals surface area contributed by atoms with Gasteiger partial charge in [-0.1, -0.05) is 0 Å². The van der Waals surface area contributed by atoms with Crippen LogP contribution >= 0.6 is 8.69 Å². The zero-order valence-electron chi connectivity index (χ0n) is 2.53. The molecule has 0 aromatic carbocycles. The first-order chi connectivity index (χ1) is 2.77. The first kappa shape index (κ1) is 6.24. The molecule has 0 fully saturated rings. The summed E-state index contributed by atoms with van der Waals surface area (Å²) in [6, 6.07) is 0. The average Bonchev–Trinajstić information content (AvgIpc) is 1.35. The minimum absolute atomic E-state index is 0.786. The molecule has 0 radical (unpaired) electrons. The van der Waals surface area contributed by atoms with E-state index < -0.39 is 24.1 Å². The maximum atomic E-state index is 9.29. The quantitative estimate of drug-likeness (QED) is 0.530. The van der Waals surface area contributed by atoms with E-state index in [9.17, 15) is 7.35 Å². The van der Waals surface area contributed by atoms with Crippen molar-refractivity contribution >= 4 is 8.69 Å². The molecule has 0 atom stereocenters. The molecule has 0 rings (SSSR count). The third kappa shape index (κ3) is 4.24. The summed E-state index contributed by atoms with van der Waals surface area (Å²) in [5, 5.41) is 0. The summed E-state index contributed by atoms with van der Waals surface area (Å²) >= 11 is -3.55. The van der Waals surface area contributed by atoms with Crippen LogP contribution in [0.25, 0.3) is 0 Å². The average molecular weight is 146 g/mol. The van der Waals surface area contributed by atoms with Gasteiger partial charge >= 0.3 is 39.4 Å². The Morgan fingerprint density at radius 1 is 1.50 bits per heavy atom. The molecule has 0 N–H and O–H groups in total. The van der Waals surface area contributed by atoms with Crippen LogP contribution in [0.15, 0.2) is 0 Å². The van der Waals surface area contributed by atoms with E-state index in [-0.39, 0.29) is 0 Å². The number of rotatable bonds is 2. The molecule has 0 aliphatic rings. The van der Waals surface area contributed by atoms with Crippen LogP contribution in [0.5, 0.6) is 0 Å². The molecule has 0 unspecified atom stereocenters. The molecule has 0 saturated carbocycles. The monoisotopic (exact) mass is 146 g/mol. The van der Waals surface area contributed by atoms with Crippen molar-refractivity contribution in [3.63, 3.8) is 0 Å². The van der Waals surface area contributed by atoms with Gasteiger partial charge in [0, 0.05) is 0 Å². The van der Waals surface area contributed by atoms with Gasteiger partial charge in [0.15, 0.2) is 0 Å². The Balaban J connectivity index is 3.32. The third-order valence-corrected chi connectivity index (χ3v) is 1.24. The Morgan fingerprint density at radius 2 is 2.00 bits per heavy atom. The van der Waals surface area contributed by atoms with Crippen molar-refractivity contribution in [1.82, 2.24) is 0 Å². The molecule has 0 bridgehead atoms. The molecule has 0 saturated heterocycles. The SMILES string of the molecule is O=P[O][V](=[O])=[O]. The van der Waals surface area contributed by atoms with E-state index in [1.807, 2.05) is 0 Å². The molecular formula is O4PV. The van der Waals surface area contributed by atoms with Gasteiger partial charge in [-0.05, 0) is 0 Å². The maximum absolute atomic E-state index is 9.29. The molecule has 6 heavy (non-hydrogen) atoms. The Morgan fingerprint density at radius 3 is 2.00 bits per heavy atom. The van der Waals surface area contributed by atoms with E-state index in [4.69, 9.17) is 4.57 Å². The van der Waals surface area contributed by atoms with Gasteiger partial charge in [-0.2, -0.15) is 0 Å². The standard InChI is InChI=1S/HO2P.2O.V/c1-3-2;;;/h(H,1,2);;;/q;;;+1/p-1. The summed E-state index contributed by atoms with van der Waals surface area (Å²) in [4.78, 5) is 0. The summed E-state index contributed by atoms with van der Waals surface area (Å²) in [5.41, 5.74) is 0. The summed E-state index contributed by atoms with van der Waals surface area (Å²) in [6.45, 7) is 0. The van der Waals surface area contributed by atoms with E-state index in [1.165, 1.54) is 0 Å². The van der Waals surface area contributed by atoms with Gasteiger partial charge in [-0.15, -0.1) is 0 Å². The topological polar surface area (TPSA) is 60.4 Å². The van der Waals surface area contributed by atoms with Crippen LogP contribution in [0.4, 0.5) is 0 Å². The normalized spacial score (nSPS) is 8.67. The van der Waals surface area contributed by atoms with Gasteiger partial charge < -0.3 is 0 Å². The third-order valence-electron chi connectivity index (χ3n) is 0.100. The predicted octanol–water partition coefficient (Wildman–Crippen LogP) is 0.434. The van der Waals surface area contributed by atoms with Gasteiger partial charge in [-0.3, -0.25) is 0 Å². The van der Waals surface area contributed by atoms with Crippen LogP contribution in [0, 0.1) is 0 Å². The van der Waals surface area contributed by atoms with Gasteiger partial charge in [0.05, 0.1) is 0 Å². The fourth-order valence-electron chi connectivity index (χ4n) is 0.0272. The molecule has 4 nitrogen and oxygen atoms in total. The van der Waals surface area contributed by atoms with Gasteiger partial charge in [0.25, 0.3) is 0 Å². The Bertz CT molecular complexity index is 94.1. The fraction of sp³-hybridized carbons (Fsp3) is 0. The molecule has 0 spiro atoms. The van der Waals surface area contributed by atoms with Crippen LogP contribution < -0.4 is 0 Å². The first-order valence-corrected chi connectivity index (χ1v) is 3.35. The van der Waals surface area contributed by atoms with Crippen LogP contribution in [0.1, 0.15) is 0 Å². The zero-order chi connectivity index (χ0) is 4.99. The molecule has 34 valence electrons. The molecule has 6 heteroatoms. The first-order valence-electron chi connectivity index (χ1n) is 0.913. The summed E-state index contributed by atoms with van der Waals surface area (Å²) < 4.78 is 31.2. The van der Waals surface area contributed by atoms with E-state index >= 15 is 0 Å². The molecule has 0 amide bonds. The Labute approximate surface area is 40.1 Å². The van der Waals surface area contributed by atoms with Crippen LogP contribution in [-0.4, -0.2) is 0 Å². The van der Waals surface area contributed by atoms with Gasteiger partial charge in [0.2, 0.25) is 0 Å². The number of hydrogen-bond acceptors (Lipinski definition) is 4. The fourth-order valence-corrected chi connectivity index (χ4v) is 0.337. The van der Waals surface area contributed by atoms with Crippen molar-refractivity contribution in [2.45, 2.75) is 0 Å². The number of hydrogen-bond donors (Lipinski definition) is 0. The van der Waals surface area contributed by atoms with Crippen molar-refractivity contribution in [2.75, 3.05) is 0 Å². The summed E-state index contributed by atoms with van der Waals surface area (Å²) in [7, 11) is -0.786. The van der Waals surface area contributed by atoms with Gasteiger partial charge in [0.1, 0.15) is 0 Å². The molecule has 0 heterocycles. The second kappa shape index (κ2) is 3.44. The molecule has 0 aliphatic carbocycles. The Kier molecular flexibility index (Phi) is 3.58. The van der Waals surface area contributed by atoms with E-state index in [2.05, 4.69) is 3.45 Å². The van der Waals surface area contributed by atoms with Crippen molar-refractivity contribution in [3.05, 3.63) is 0 Å². The minimum atomic E-state index is -3.55. The summed E-state index contributed by atoms with van der Waals surface area (Å²) in [6.07, 6.45) is 0. The van der Waals surface area contributed by atoms with Crippen molar-refractivity contribution in [3.8, 4) is 0 Å². The molecular weight excluding hydrogens is 146 g/mol. The molecule has 0 aromatic heterocycles. The second-order valence-corrected chi connectivity index (χ2v) is 2.16. The predicted molar refractivity (Wildman–Crippen MR) is 10.1 cm³/mol. The van der Waals surface area contributed by atoms with Crippen LogP contribution in [-0.2, 0) is 30.8 Å². The van der Waals surface area contributed by atoms with E-state index in [0.29, 0.717) is 0 Å². The van der Waals surface area contributed by atoms with E-state index in [1.54, 1.807) is 0 Å². The van der Waals surface area contributed by atoms with Crippen molar-refractivity contribution < 1.29 is 30.8 Å². The molecule has 0 aromatic rings. The zero-order valence-corrected chi connectivity index (χ0v) is 4.82. The summed E-state index contributed by atoms with van der Waals surface area (Å²) in [5.74, 6) is 0. The van der Waals surface area contributed by atoms with Crippen LogP contribution in [0.3, 0.4) is 0 Å². The van der Waals surface area contributed by atoms with Crippen molar-refractivity contribution in [2.24, 2.45) is 0 Å². The van der Waals surface area contributed by atoms with Crippen molar-refractivity contribution in [1.29, 1.82) is 0 Å². The van der Waals surface area contributed by atoms with Gasteiger partial charge in [-0.25, -0.2) is 0 Å². The van der Waals surface area contributed by atoms with E-state index in [0.717, 1.165) is 0 Å².